The summed E-state index contributed by atoms with van der Waals surface area (Å²) in [6, 6.07) is 14.3. The number of nitriles is 1. The Labute approximate surface area is 179 Å². The number of aromatic amines is 1. The standard InChI is InChI=1S/C22H23N5O2S/c1-25(2)10-11-27(14-16-6-4-15(13-23)5-7-16)20(28)17-8-9-18-19(12-17)24-22(30)26(3)21(18)29/h4-9,12H,10-11,14H2,1-3H3,(H,24,30). The van der Waals surface area contributed by atoms with Gasteiger partial charge in [-0.25, -0.2) is 0 Å². The van der Waals surface area contributed by atoms with Crippen molar-refractivity contribution < 1.29 is 4.79 Å². The maximum atomic E-state index is 13.3. The molecule has 0 saturated heterocycles. The highest BCUT2D eigenvalue weighted by molar-refractivity contribution is 7.71. The molecule has 2 aromatic carbocycles. The van der Waals surface area contributed by atoms with Crippen LogP contribution >= 0.6 is 12.2 Å². The lowest BCUT2D eigenvalue weighted by atomic mass is 10.1. The number of nitrogens with zero attached hydrogens (tertiary/aromatic N) is 4. The molecule has 8 heteroatoms. The number of hydrogen-bond acceptors (Lipinski definition) is 5. The largest absolute Gasteiger partial charge is 0.333 e. The average Bonchev–Trinajstić information content (AvgIpc) is 2.74. The summed E-state index contributed by atoms with van der Waals surface area (Å²) < 4.78 is 1.67. The third kappa shape index (κ3) is 4.64. The highest BCUT2D eigenvalue weighted by atomic mass is 32.1. The van der Waals surface area contributed by atoms with E-state index in [1.165, 1.54) is 4.57 Å². The second-order valence-corrected chi connectivity index (χ2v) is 7.78. The predicted octanol–water partition coefficient (Wildman–Crippen LogP) is 2.67. The van der Waals surface area contributed by atoms with Crippen molar-refractivity contribution in [2.45, 2.75) is 6.54 Å². The van der Waals surface area contributed by atoms with E-state index in [-0.39, 0.29) is 11.5 Å². The minimum Gasteiger partial charge on any atom is -0.333 e. The molecular weight excluding hydrogens is 398 g/mol. The zero-order valence-corrected chi connectivity index (χ0v) is 18.0. The van der Waals surface area contributed by atoms with Gasteiger partial charge in [0.1, 0.15) is 0 Å². The molecule has 30 heavy (non-hydrogen) atoms. The number of hydrogen-bond donors (Lipinski definition) is 1. The van der Waals surface area contributed by atoms with E-state index >= 15 is 0 Å². The van der Waals surface area contributed by atoms with Crippen molar-refractivity contribution in [2.24, 2.45) is 7.05 Å². The summed E-state index contributed by atoms with van der Waals surface area (Å²) in [4.78, 5) is 32.5. The van der Waals surface area contributed by atoms with Gasteiger partial charge in [0.05, 0.1) is 22.5 Å². The van der Waals surface area contributed by atoms with Crippen LogP contribution in [-0.4, -0.2) is 52.4 Å². The summed E-state index contributed by atoms with van der Waals surface area (Å²) in [5.74, 6) is -0.136. The maximum absolute atomic E-state index is 13.3. The van der Waals surface area contributed by atoms with E-state index in [0.29, 0.717) is 46.4 Å². The van der Waals surface area contributed by atoms with Crippen molar-refractivity contribution in [3.8, 4) is 6.07 Å². The fraction of sp³-hybridized carbons (Fsp3) is 0.273. The number of nitrogens with one attached hydrogen (secondary N) is 1. The summed E-state index contributed by atoms with van der Waals surface area (Å²) in [5, 5.41) is 9.46. The molecule has 0 bridgehead atoms. The smallest absolute Gasteiger partial charge is 0.261 e. The van der Waals surface area contributed by atoms with Gasteiger partial charge in [-0.05, 0) is 62.2 Å². The number of carbonyl (C=O) groups is 1. The van der Waals surface area contributed by atoms with Gasteiger partial charge in [-0.1, -0.05) is 12.1 Å². The van der Waals surface area contributed by atoms with Crippen LogP contribution in [0.2, 0.25) is 0 Å². The topological polar surface area (TPSA) is 85.1 Å². The monoisotopic (exact) mass is 421 g/mol. The fourth-order valence-electron chi connectivity index (χ4n) is 3.10. The molecular formula is C22H23N5O2S. The molecule has 0 spiro atoms. The van der Waals surface area contributed by atoms with Gasteiger partial charge in [-0.2, -0.15) is 5.26 Å². The average molecular weight is 422 g/mol. The lowest BCUT2D eigenvalue weighted by Gasteiger charge is -2.25. The molecule has 1 amide bonds. The summed E-state index contributed by atoms with van der Waals surface area (Å²) in [7, 11) is 5.52. The zero-order valence-electron chi connectivity index (χ0n) is 17.2. The van der Waals surface area contributed by atoms with E-state index in [9.17, 15) is 9.59 Å². The third-order valence-electron chi connectivity index (χ3n) is 4.91. The Hall–Kier alpha value is -3.28. The molecule has 3 rings (SSSR count). The molecule has 0 aliphatic carbocycles. The Morgan fingerprint density at radius 3 is 2.50 bits per heavy atom. The molecule has 1 N–H and O–H groups in total. The van der Waals surface area contributed by atoms with E-state index < -0.39 is 0 Å². The second kappa shape index (κ2) is 9.03. The number of aromatic nitrogens is 2. The van der Waals surface area contributed by atoms with Crippen LogP contribution in [0.4, 0.5) is 0 Å². The Balaban J connectivity index is 1.94. The number of carbonyl (C=O) groups excluding carboxylic acids is 1. The molecule has 0 unspecified atom stereocenters. The van der Waals surface area contributed by atoms with Gasteiger partial charge in [-0.3, -0.25) is 14.2 Å². The number of benzene rings is 2. The van der Waals surface area contributed by atoms with Crippen LogP contribution in [-0.2, 0) is 13.6 Å². The molecule has 3 aromatic rings. The molecule has 0 atom stereocenters. The first-order valence-corrected chi connectivity index (χ1v) is 9.87. The summed E-state index contributed by atoms with van der Waals surface area (Å²) >= 11 is 5.19. The maximum Gasteiger partial charge on any atom is 0.261 e. The fourth-order valence-corrected chi connectivity index (χ4v) is 3.29. The van der Waals surface area contributed by atoms with Crippen LogP contribution in [0.3, 0.4) is 0 Å². The molecule has 1 heterocycles. The van der Waals surface area contributed by atoms with Gasteiger partial charge in [-0.15, -0.1) is 0 Å². The number of amides is 1. The lowest BCUT2D eigenvalue weighted by Crippen LogP contribution is -2.36. The number of H-pyrrole nitrogens is 1. The van der Waals surface area contributed by atoms with E-state index in [2.05, 4.69) is 11.1 Å². The predicted molar refractivity (Wildman–Crippen MR) is 119 cm³/mol. The van der Waals surface area contributed by atoms with E-state index in [4.69, 9.17) is 17.5 Å². The number of fused-ring (bicyclic) bond motifs is 1. The summed E-state index contributed by atoms with van der Waals surface area (Å²) in [5.41, 5.74) is 2.34. The Bertz CT molecular complexity index is 1240. The first-order chi connectivity index (χ1) is 14.3. The summed E-state index contributed by atoms with van der Waals surface area (Å²) in [6.45, 7) is 1.66. The molecule has 0 aliphatic rings. The first-order valence-electron chi connectivity index (χ1n) is 9.46. The van der Waals surface area contributed by atoms with Crippen LogP contribution in [0.25, 0.3) is 10.9 Å². The van der Waals surface area contributed by atoms with Crippen molar-refractivity contribution in [3.63, 3.8) is 0 Å². The minimum absolute atomic E-state index is 0.136. The zero-order chi connectivity index (χ0) is 21.8. The van der Waals surface area contributed by atoms with Crippen molar-refractivity contribution in [3.05, 3.63) is 74.3 Å². The SMILES string of the molecule is CN(C)CCN(Cc1ccc(C#N)cc1)C(=O)c1ccc2c(=O)n(C)c(=S)[nH]c2c1. The van der Waals surface area contributed by atoms with Crippen molar-refractivity contribution >= 4 is 29.0 Å². The van der Waals surface area contributed by atoms with Gasteiger partial charge < -0.3 is 14.8 Å². The van der Waals surface area contributed by atoms with Crippen LogP contribution < -0.4 is 5.56 Å². The van der Waals surface area contributed by atoms with Crippen LogP contribution in [0, 0.1) is 16.1 Å². The van der Waals surface area contributed by atoms with Crippen molar-refractivity contribution in [1.29, 1.82) is 5.26 Å². The van der Waals surface area contributed by atoms with Crippen LogP contribution in [0.1, 0.15) is 21.5 Å². The molecule has 0 radical (unpaired) electrons. The quantitative estimate of drug-likeness (QED) is 0.619. The lowest BCUT2D eigenvalue weighted by molar-refractivity contribution is 0.0732. The third-order valence-corrected chi connectivity index (χ3v) is 5.28. The normalized spacial score (nSPS) is 10.9. The Kier molecular flexibility index (Phi) is 6.45. The molecule has 7 nitrogen and oxygen atoms in total. The molecule has 0 fully saturated rings. The Morgan fingerprint density at radius 1 is 1.17 bits per heavy atom. The summed E-state index contributed by atoms with van der Waals surface area (Å²) in [6.07, 6.45) is 0. The number of rotatable bonds is 6. The molecule has 1 aromatic heterocycles. The van der Waals surface area contributed by atoms with E-state index in [0.717, 1.165) is 5.56 Å². The molecule has 0 aliphatic heterocycles. The van der Waals surface area contributed by atoms with Crippen LogP contribution in [0.15, 0.2) is 47.3 Å². The number of likely N-dealkylation sites (N-methyl/N-ethyl adjacent to an activating group) is 1. The van der Waals surface area contributed by atoms with Gasteiger partial charge >= 0.3 is 0 Å². The van der Waals surface area contributed by atoms with Gasteiger partial charge in [0, 0.05) is 32.2 Å². The van der Waals surface area contributed by atoms with Gasteiger partial charge in [0.25, 0.3) is 11.5 Å². The van der Waals surface area contributed by atoms with Crippen LogP contribution in [0.5, 0.6) is 0 Å². The second-order valence-electron chi connectivity index (χ2n) is 7.39. The Morgan fingerprint density at radius 2 is 1.87 bits per heavy atom. The highest BCUT2D eigenvalue weighted by Crippen LogP contribution is 2.15. The minimum atomic E-state index is -0.199. The van der Waals surface area contributed by atoms with Gasteiger partial charge in [0.15, 0.2) is 4.77 Å². The van der Waals surface area contributed by atoms with E-state index in [1.807, 2.05) is 31.1 Å². The van der Waals surface area contributed by atoms with Gasteiger partial charge in [0.2, 0.25) is 0 Å². The highest BCUT2D eigenvalue weighted by Gasteiger charge is 2.18. The first kappa shape index (κ1) is 21.4. The molecule has 154 valence electrons. The van der Waals surface area contributed by atoms with Crippen molar-refractivity contribution in [1.82, 2.24) is 19.4 Å². The van der Waals surface area contributed by atoms with Crippen molar-refractivity contribution in [2.75, 3.05) is 27.2 Å². The van der Waals surface area contributed by atoms with E-state index in [1.54, 1.807) is 42.3 Å². The molecule has 0 saturated carbocycles.